The van der Waals surface area contributed by atoms with Gasteiger partial charge >= 0.3 is 0 Å². The first-order valence-electron chi connectivity index (χ1n) is 8.00. The van der Waals surface area contributed by atoms with E-state index in [1.807, 2.05) is 68.0 Å². The lowest BCUT2D eigenvalue weighted by Crippen LogP contribution is -2.00. The summed E-state index contributed by atoms with van der Waals surface area (Å²) in [7, 11) is 0. The summed E-state index contributed by atoms with van der Waals surface area (Å²) in [6.45, 7) is 6.01. The van der Waals surface area contributed by atoms with Crippen molar-refractivity contribution < 1.29 is 4.92 Å². The molecule has 0 N–H and O–H groups in total. The standard InChI is InChI=1S/C20H19N3O2/c1-14-6-4-7-18(10-14)21-13-17-11-15(2)22(16(17)3)19-8-5-9-20(12-19)23(24)25/h4-13H,1-3H3. The normalized spacial score (nSPS) is 11.2. The van der Waals surface area contributed by atoms with E-state index < -0.39 is 0 Å². The summed E-state index contributed by atoms with van der Waals surface area (Å²) in [6, 6.07) is 16.7. The first-order chi connectivity index (χ1) is 12.0. The van der Waals surface area contributed by atoms with Gasteiger partial charge in [-0.25, -0.2) is 0 Å². The monoisotopic (exact) mass is 333 g/mol. The highest BCUT2D eigenvalue weighted by atomic mass is 16.6. The average Bonchev–Trinajstić information content (AvgIpc) is 2.87. The number of nitrogens with zero attached hydrogens (tertiary/aromatic N) is 3. The van der Waals surface area contributed by atoms with Crippen LogP contribution in [0, 0.1) is 30.9 Å². The van der Waals surface area contributed by atoms with E-state index in [2.05, 4.69) is 4.99 Å². The third-order valence-electron chi connectivity index (χ3n) is 4.12. The maximum absolute atomic E-state index is 11.0. The highest BCUT2D eigenvalue weighted by molar-refractivity contribution is 5.84. The van der Waals surface area contributed by atoms with E-state index in [1.54, 1.807) is 12.1 Å². The third-order valence-corrected chi connectivity index (χ3v) is 4.12. The number of nitro benzene ring substituents is 1. The summed E-state index contributed by atoms with van der Waals surface area (Å²) in [6.07, 6.45) is 1.84. The Morgan fingerprint density at radius 2 is 1.80 bits per heavy atom. The van der Waals surface area contributed by atoms with Crippen molar-refractivity contribution >= 4 is 17.6 Å². The van der Waals surface area contributed by atoms with Crippen molar-refractivity contribution in [3.63, 3.8) is 0 Å². The number of aliphatic imine (C=N–C) groups is 1. The highest BCUT2D eigenvalue weighted by Gasteiger charge is 2.12. The van der Waals surface area contributed by atoms with Crippen molar-refractivity contribution in [3.8, 4) is 5.69 Å². The molecule has 0 atom stereocenters. The predicted molar refractivity (Wildman–Crippen MR) is 100 cm³/mol. The number of benzene rings is 2. The van der Waals surface area contributed by atoms with Crippen molar-refractivity contribution in [1.82, 2.24) is 4.57 Å². The lowest BCUT2D eigenvalue weighted by molar-refractivity contribution is -0.384. The second kappa shape index (κ2) is 6.73. The van der Waals surface area contributed by atoms with Gasteiger partial charge in [-0.15, -0.1) is 0 Å². The number of non-ortho nitro benzene ring substituents is 1. The SMILES string of the molecule is Cc1cccc(N=Cc2cc(C)n(-c3cccc([N+](=O)[O-])c3)c2C)c1. The zero-order valence-corrected chi connectivity index (χ0v) is 14.4. The van der Waals surface area contributed by atoms with Gasteiger partial charge in [0.1, 0.15) is 0 Å². The third kappa shape index (κ3) is 3.50. The van der Waals surface area contributed by atoms with Gasteiger partial charge in [0.2, 0.25) is 0 Å². The van der Waals surface area contributed by atoms with E-state index in [0.717, 1.165) is 33.9 Å². The van der Waals surface area contributed by atoms with Crippen LogP contribution in [0.5, 0.6) is 0 Å². The van der Waals surface area contributed by atoms with Crippen LogP contribution in [0.15, 0.2) is 59.6 Å². The minimum atomic E-state index is -0.377. The maximum atomic E-state index is 11.0. The summed E-state index contributed by atoms with van der Waals surface area (Å²) in [5.41, 5.74) is 5.92. The molecular formula is C20H19N3O2. The van der Waals surface area contributed by atoms with Gasteiger partial charge in [-0.1, -0.05) is 18.2 Å². The molecule has 1 heterocycles. The molecule has 0 radical (unpaired) electrons. The largest absolute Gasteiger partial charge is 0.318 e. The fraction of sp³-hybridized carbons (Fsp3) is 0.150. The average molecular weight is 333 g/mol. The van der Waals surface area contributed by atoms with Gasteiger partial charge < -0.3 is 4.57 Å². The molecular weight excluding hydrogens is 314 g/mol. The van der Waals surface area contributed by atoms with Gasteiger partial charge in [0.15, 0.2) is 0 Å². The first kappa shape index (κ1) is 16.6. The Balaban J connectivity index is 1.99. The zero-order chi connectivity index (χ0) is 18.0. The summed E-state index contributed by atoms with van der Waals surface area (Å²) >= 11 is 0. The molecule has 3 rings (SSSR count). The van der Waals surface area contributed by atoms with Crippen LogP contribution in [-0.2, 0) is 0 Å². The predicted octanol–water partition coefficient (Wildman–Crippen LogP) is 5.06. The Kier molecular flexibility index (Phi) is 4.48. The van der Waals surface area contributed by atoms with Crippen LogP contribution in [0.25, 0.3) is 5.69 Å². The van der Waals surface area contributed by atoms with Crippen molar-refractivity contribution in [1.29, 1.82) is 0 Å². The summed E-state index contributed by atoms with van der Waals surface area (Å²) in [5, 5.41) is 11.0. The van der Waals surface area contributed by atoms with Gasteiger partial charge in [0.05, 0.1) is 16.3 Å². The van der Waals surface area contributed by atoms with Crippen molar-refractivity contribution in [2.24, 2.45) is 4.99 Å². The van der Waals surface area contributed by atoms with Gasteiger partial charge in [0.25, 0.3) is 5.69 Å². The van der Waals surface area contributed by atoms with Crippen LogP contribution >= 0.6 is 0 Å². The lowest BCUT2D eigenvalue weighted by atomic mass is 10.2. The minimum absolute atomic E-state index is 0.0833. The Hall–Kier alpha value is -3.21. The second-order valence-electron chi connectivity index (χ2n) is 6.04. The number of hydrogen-bond donors (Lipinski definition) is 0. The molecule has 0 fully saturated rings. The van der Waals surface area contributed by atoms with Crippen molar-refractivity contribution in [3.05, 3.63) is 87.2 Å². The fourth-order valence-corrected chi connectivity index (χ4v) is 2.91. The molecule has 0 bridgehead atoms. The summed E-state index contributed by atoms with van der Waals surface area (Å²) in [4.78, 5) is 15.2. The number of hydrogen-bond acceptors (Lipinski definition) is 3. The van der Waals surface area contributed by atoms with E-state index in [0.29, 0.717) is 0 Å². The summed E-state index contributed by atoms with van der Waals surface area (Å²) in [5.74, 6) is 0. The number of nitro groups is 1. The molecule has 2 aromatic carbocycles. The first-order valence-corrected chi connectivity index (χ1v) is 8.00. The van der Waals surface area contributed by atoms with E-state index in [9.17, 15) is 10.1 Å². The van der Waals surface area contributed by atoms with Gasteiger partial charge in [-0.2, -0.15) is 0 Å². The van der Waals surface area contributed by atoms with E-state index in [1.165, 1.54) is 6.07 Å². The van der Waals surface area contributed by atoms with Crippen molar-refractivity contribution in [2.75, 3.05) is 0 Å². The smallest absolute Gasteiger partial charge is 0.271 e. The van der Waals surface area contributed by atoms with E-state index in [-0.39, 0.29) is 10.6 Å². The van der Waals surface area contributed by atoms with Crippen LogP contribution in [-0.4, -0.2) is 15.7 Å². The number of rotatable bonds is 4. The Morgan fingerprint density at radius 3 is 2.52 bits per heavy atom. The highest BCUT2D eigenvalue weighted by Crippen LogP contribution is 2.23. The van der Waals surface area contributed by atoms with Crippen LogP contribution in [0.2, 0.25) is 0 Å². The molecule has 25 heavy (non-hydrogen) atoms. The Bertz CT molecular complexity index is 971. The molecule has 0 aliphatic heterocycles. The summed E-state index contributed by atoms with van der Waals surface area (Å²) < 4.78 is 2.00. The Labute approximate surface area is 146 Å². The molecule has 0 saturated heterocycles. The van der Waals surface area contributed by atoms with Crippen LogP contribution in [0.3, 0.4) is 0 Å². The molecule has 3 aromatic rings. The van der Waals surface area contributed by atoms with Crippen molar-refractivity contribution in [2.45, 2.75) is 20.8 Å². The topological polar surface area (TPSA) is 60.4 Å². The molecule has 0 spiro atoms. The van der Waals surface area contributed by atoms with E-state index >= 15 is 0 Å². The molecule has 126 valence electrons. The van der Waals surface area contributed by atoms with Gasteiger partial charge in [-0.05, 0) is 50.6 Å². The van der Waals surface area contributed by atoms with Crippen LogP contribution < -0.4 is 0 Å². The maximum Gasteiger partial charge on any atom is 0.271 e. The minimum Gasteiger partial charge on any atom is -0.318 e. The number of aryl methyl sites for hydroxylation is 2. The van der Waals surface area contributed by atoms with Crippen LogP contribution in [0.4, 0.5) is 11.4 Å². The van der Waals surface area contributed by atoms with Gasteiger partial charge in [-0.3, -0.25) is 15.1 Å². The molecule has 0 aliphatic carbocycles. The zero-order valence-electron chi connectivity index (χ0n) is 14.4. The molecule has 1 aromatic heterocycles. The lowest BCUT2D eigenvalue weighted by Gasteiger charge is -2.09. The van der Waals surface area contributed by atoms with Crippen LogP contribution in [0.1, 0.15) is 22.5 Å². The molecule has 5 nitrogen and oxygen atoms in total. The molecule has 0 saturated carbocycles. The quantitative estimate of drug-likeness (QED) is 0.380. The van der Waals surface area contributed by atoms with E-state index in [4.69, 9.17) is 0 Å². The Morgan fingerprint density at radius 1 is 1.04 bits per heavy atom. The molecule has 0 unspecified atom stereocenters. The van der Waals surface area contributed by atoms with Gasteiger partial charge in [0, 0.05) is 35.3 Å². The molecule has 5 heteroatoms. The number of aromatic nitrogens is 1. The molecule has 0 amide bonds. The second-order valence-corrected chi connectivity index (χ2v) is 6.04. The molecule has 0 aliphatic rings. The fourth-order valence-electron chi connectivity index (χ4n) is 2.91.